The monoisotopic (exact) mass is 278 g/mol. The summed E-state index contributed by atoms with van der Waals surface area (Å²) in [5, 5.41) is 3.38. The number of carbonyl (C=O) groups is 1. The molecule has 0 aliphatic carbocycles. The molecule has 0 bridgehead atoms. The summed E-state index contributed by atoms with van der Waals surface area (Å²) in [5.41, 5.74) is 1.18. The number of nitrogens with zero attached hydrogens (tertiary/aromatic N) is 3. The lowest BCUT2D eigenvalue weighted by Gasteiger charge is -2.32. The Bertz CT molecular complexity index is 421. The van der Waals surface area contributed by atoms with Crippen molar-refractivity contribution in [1.29, 1.82) is 0 Å². The zero-order valence-corrected chi connectivity index (χ0v) is 12.6. The predicted octanol–water partition coefficient (Wildman–Crippen LogP) is 0.762. The first-order valence-electron chi connectivity index (χ1n) is 7.51. The first kappa shape index (κ1) is 15.1. The summed E-state index contributed by atoms with van der Waals surface area (Å²) in [6.45, 7) is 8.10. The van der Waals surface area contributed by atoms with Crippen LogP contribution in [0.2, 0.25) is 0 Å². The fraction of sp³-hybridized carbons (Fsp3) is 0.667. The highest BCUT2D eigenvalue weighted by atomic mass is 16.2. The molecule has 112 valence electrons. The second-order valence-electron chi connectivity index (χ2n) is 5.49. The standard InChI is InChI=1S/C15H26N4O/c1-3-6-16-12-14-5-4-7-19(14)13-15(20)18-10-8-17(2)9-11-18/h4-5,7,16H,3,6,8-13H2,1-2H3. The Morgan fingerprint density at radius 3 is 2.75 bits per heavy atom. The summed E-state index contributed by atoms with van der Waals surface area (Å²) in [6.07, 6.45) is 3.12. The lowest BCUT2D eigenvalue weighted by molar-refractivity contribution is -0.133. The third kappa shape index (κ3) is 4.08. The van der Waals surface area contributed by atoms with E-state index in [1.165, 1.54) is 5.69 Å². The van der Waals surface area contributed by atoms with Crippen LogP contribution in [0, 0.1) is 0 Å². The number of piperazine rings is 1. The molecule has 0 spiro atoms. The minimum atomic E-state index is 0.228. The number of rotatable bonds is 6. The number of likely N-dealkylation sites (N-methyl/N-ethyl adjacent to an activating group) is 1. The molecule has 0 saturated carbocycles. The summed E-state index contributed by atoms with van der Waals surface area (Å²) in [6, 6.07) is 4.10. The molecule has 0 atom stereocenters. The summed E-state index contributed by atoms with van der Waals surface area (Å²) in [4.78, 5) is 16.6. The summed E-state index contributed by atoms with van der Waals surface area (Å²) in [5.74, 6) is 0.228. The molecule has 0 unspecified atom stereocenters. The maximum absolute atomic E-state index is 12.3. The van der Waals surface area contributed by atoms with E-state index in [4.69, 9.17) is 0 Å². The third-order valence-electron chi connectivity index (χ3n) is 3.82. The van der Waals surface area contributed by atoms with Gasteiger partial charge in [0.15, 0.2) is 0 Å². The molecule has 1 aromatic rings. The lowest BCUT2D eigenvalue weighted by atomic mass is 10.3. The number of hydrogen-bond acceptors (Lipinski definition) is 3. The van der Waals surface area contributed by atoms with Crippen LogP contribution in [0.15, 0.2) is 18.3 Å². The maximum Gasteiger partial charge on any atom is 0.242 e. The van der Waals surface area contributed by atoms with Crippen LogP contribution >= 0.6 is 0 Å². The molecular weight excluding hydrogens is 252 g/mol. The van der Waals surface area contributed by atoms with Crippen LogP contribution in [-0.4, -0.2) is 60.0 Å². The molecular formula is C15H26N4O. The topological polar surface area (TPSA) is 40.5 Å². The Kier molecular flexibility index (Phi) is 5.61. The molecule has 1 fully saturated rings. The van der Waals surface area contributed by atoms with E-state index < -0.39 is 0 Å². The highest BCUT2D eigenvalue weighted by molar-refractivity contribution is 5.76. The zero-order chi connectivity index (χ0) is 14.4. The van der Waals surface area contributed by atoms with Crippen molar-refractivity contribution in [1.82, 2.24) is 19.7 Å². The Labute approximate surface area is 121 Å². The molecule has 2 heterocycles. The van der Waals surface area contributed by atoms with Gasteiger partial charge in [-0.15, -0.1) is 0 Å². The first-order valence-corrected chi connectivity index (χ1v) is 7.51. The van der Waals surface area contributed by atoms with Crippen LogP contribution in [0.1, 0.15) is 19.0 Å². The smallest absolute Gasteiger partial charge is 0.242 e. The molecule has 1 saturated heterocycles. The molecule has 0 aromatic carbocycles. The van der Waals surface area contributed by atoms with Crippen molar-refractivity contribution < 1.29 is 4.79 Å². The molecule has 1 aliphatic heterocycles. The van der Waals surface area contributed by atoms with E-state index in [9.17, 15) is 4.79 Å². The zero-order valence-electron chi connectivity index (χ0n) is 12.6. The van der Waals surface area contributed by atoms with Gasteiger partial charge >= 0.3 is 0 Å². The van der Waals surface area contributed by atoms with Crippen LogP contribution in [0.25, 0.3) is 0 Å². The van der Waals surface area contributed by atoms with Crippen molar-refractivity contribution >= 4 is 5.91 Å². The number of aromatic nitrogens is 1. The fourth-order valence-corrected chi connectivity index (χ4v) is 2.46. The number of amides is 1. The minimum absolute atomic E-state index is 0.228. The van der Waals surface area contributed by atoms with Crippen molar-refractivity contribution in [3.05, 3.63) is 24.0 Å². The van der Waals surface area contributed by atoms with E-state index in [0.717, 1.165) is 45.7 Å². The Morgan fingerprint density at radius 2 is 2.05 bits per heavy atom. The third-order valence-corrected chi connectivity index (χ3v) is 3.82. The number of hydrogen-bond donors (Lipinski definition) is 1. The van der Waals surface area contributed by atoms with Gasteiger partial charge in [0, 0.05) is 44.6 Å². The van der Waals surface area contributed by atoms with E-state index in [0.29, 0.717) is 6.54 Å². The first-order chi connectivity index (χ1) is 9.70. The maximum atomic E-state index is 12.3. The Hall–Kier alpha value is -1.33. The molecule has 5 nitrogen and oxygen atoms in total. The average Bonchev–Trinajstić information content (AvgIpc) is 2.87. The van der Waals surface area contributed by atoms with Crippen LogP contribution < -0.4 is 5.32 Å². The SMILES string of the molecule is CCCNCc1cccn1CC(=O)N1CCN(C)CC1. The van der Waals surface area contributed by atoms with Gasteiger partial charge in [-0.3, -0.25) is 4.79 Å². The summed E-state index contributed by atoms with van der Waals surface area (Å²) < 4.78 is 2.06. The van der Waals surface area contributed by atoms with Crippen LogP contribution in [-0.2, 0) is 17.9 Å². The van der Waals surface area contributed by atoms with Crippen molar-refractivity contribution in [2.24, 2.45) is 0 Å². The van der Waals surface area contributed by atoms with Gasteiger partial charge in [-0.1, -0.05) is 6.92 Å². The molecule has 1 aromatic heterocycles. The van der Waals surface area contributed by atoms with Gasteiger partial charge in [0.25, 0.3) is 0 Å². The minimum Gasteiger partial charge on any atom is -0.341 e. The largest absolute Gasteiger partial charge is 0.341 e. The van der Waals surface area contributed by atoms with E-state index in [-0.39, 0.29) is 5.91 Å². The van der Waals surface area contributed by atoms with Crippen LogP contribution in [0.4, 0.5) is 0 Å². The van der Waals surface area contributed by atoms with Gasteiger partial charge in [-0.25, -0.2) is 0 Å². The molecule has 1 amide bonds. The van der Waals surface area contributed by atoms with Crippen LogP contribution in [0.3, 0.4) is 0 Å². The summed E-state index contributed by atoms with van der Waals surface area (Å²) >= 11 is 0. The molecule has 0 radical (unpaired) electrons. The van der Waals surface area contributed by atoms with Gasteiger partial charge in [-0.2, -0.15) is 0 Å². The molecule has 2 rings (SSSR count). The second kappa shape index (κ2) is 7.45. The van der Waals surface area contributed by atoms with Gasteiger partial charge in [0.2, 0.25) is 5.91 Å². The van der Waals surface area contributed by atoms with E-state index in [2.05, 4.69) is 34.8 Å². The fourth-order valence-electron chi connectivity index (χ4n) is 2.46. The summed E-state index contributed by atoms with van der Waals surface area (Å²) in [7, 11) is 2.10. The van der Waals surface area contributed by atoms with Gasteiger partial charge < -0.3 is 19.7 Å². The highest BCUT2D eigenvalue weighted by Gasteiger charge is 2.19. The molecule has 1 N–H and O–H groups in total. The second-order valence-corrected chi connectivity index (χ2v) is 5.49. The van der Waals surface area contributed by atoms with Crippen molar-refractivity contribution in [2.75, 3.05) is 39.8 Å². The van der Waals surface area contributed by atoms with E-state index >= 15 is 0 Å². The number of nitrogens with one attached hydrogen (secondary N) is 1. The van der Waals surface area contributed by atoms with Gasteiger partial charge in [0.1, 0.15) is 6.54 Å². The molecule has 5 heteroatoms. The van der Waals surface area contributed by atoms with Gasteiger partial charge in [-0.05, 0) is 32.1 Å². The van der Waals surface area contributed by atoms with Gasteiger partial charge in [0.05, 0.1) is 0 Å². The molecule has 1 aliphatic rings. The highest BCUT2D eigenvalue weighted by Crippen LogP contribution is 2.06. The van der Waals surface area contributed by atoms with E-state index in [1.54, 1.807) is 0 Å². The normalized spacial score (nSPS) is 16.6. The van der Waals surface area contributed by atoms with Crippen LogP contribution in [0.5, 0.6) is 0 Å². The number of carbonyl (C=O) groups excluding carboxylic acids is 1. The Morgan fingerprint density at radius 1 is 1.30 bits per heavy atom. The average molecular weight is 278 g/mol. The Balaban J connectivity index is 1.86. The predicted molar refractivity (Wildman–Crippen MR) is 80.5 cm³/mol. The quantitative estimate of drug-likeness (QED) is 0.781. The molecule has 20 heavy (non-hydrogen) atoms. The lowest BCUT2D eigenvalue weighted by Crippen LogP contribution is -2.48. The van der Waals surface area contributed by atoms with Crippen molar-refractivity contribution in [3.8, 4) is 0 Å². The van der Waals surface area contributed by atoms with Crippen molar-refractivity contribution in [3.63, 3.8) is 0 Å². The van der Waals surface area contributed by atoms with Crippen molar-refractivity contribution in [2.45, 2.75) is 26.4 Å². The van der Waals surface area contributed by atoms with E-state index in [1.807, 2.05) is 17.2 Å².